The average molecular weight is 306 g/mol. The largest absolute Gasteiger partial charge is 0.315 e. The lowest BCUT2D eigenvalue weighted by Gasteiger charge is -2.12. The van der Waals surface area contributed by atoms with Crippen molar-refractivity contribution in [2.45, 2.75) is 28.3 Å². The van der Waals surface area contributed by atoms with Gasteiger partial charge in [0.15, 0.2) is 0 Å². The van der Waals surface area contributed by atoms with Gasteiger partial charge in [0.1, 0.15) is 4.21 Å². The van der Waals surface area contributed by atoms with Gasteiger partial charge < -0.3 is 5.32 Å². The van der Waals surface area contributed by atoms with E-state index in [0.29, 0.717) is 17.3 Å². The number of rotatable bonds is 7. The Hall–Kier alpha value is -0.0800. The highest BCUT2D eigenvalue weighted by Gasteiger charge is 2.42. The summed E-state index contributed by atoms with van der Waals surface area (Å²) in [5.74, 6) is 0. The Bertz CT molecular complexity index is 506. The van der Waals surface area contributed by atoms with Crippen molar-refractivity contribution in [3.63, 3.8) is 0 Å². The third kappa shape index (κ3) is 3.27. The van der Waals surface area contributed by atoms with Crippen LogP contribution in [-0.2, 0) is 16.6 Å². The summed E-state index contributed by atoms with van der Waals surface area (Å²) >= 11 is 3.08. The number of sulfonamides is 1. The topological polar surface area (TPSA) is 58.2 Å². The van der Waals surface area contributed by atoms with Crippen molar-refractivity contribution in [1.29, 1.82) is 0 Å². The van der Waals surface area contributed by atoms with Crippen molar-refractivity contribution in [3.05, 3.63) is 17.0 Å². The SMILES string of the molecule is CNCc1ccc(S(=O)(=O)NCC2(SC)CC2)s1. The first-order valence-electron chi connectivity index (χ1n) is 5.79. The van der Waals surface area contributed by atoms with E-state index in [1.165, 1.54) is 11.3 Å². The minimum atomic E-state index is -3.33. The van der Waals surface area contributed by atoms with Crippen LogP contribution in [0.15, 0.2) is 16.3 Å². The van der Waals surface area contributed by atoms with Crippen molar-refractivity contribution in [2.75, 3.05) is 19.8 Å². The first kappa shape index (κ1) is 14.3. The quantitative estimate of drug-likeness (QED) is 0.804. The Morgan fingerprint density at radius 3 is 2.72 bits per heavy atom. The summed E-state index contributed by atoms with van der Waals surface area (Å²) in [5, 5.41) is 3.02. The highest BCUT2D eigenvalue weighted by Crippen LogP contribution is 2.46. The lowest BCUT2D eigenvalue weighted by Crippen LogP contribution is -2.31. The van der Waals surface area contributed by atoms with E-state index in [-0.39, 0.29) is 4.75 Å². The first-order valence-corrected chi connectivity index (χ1v) is 9.32. The molecule has 102 valence electrons. The lowest BCUT2D eigenvalue weighted by molar-refractivity contribution is 0.582. The van der Waals surface area contributed by atoms with Gasteiger partial charge in [-0.05, 0) is 38.3 Å². The van der Waals surface area contributed by atoms with Crippen LogP contribution < -0.4 is 10.0 Å². The molecule has 0 unspecified atom stereocenters. The molecule has 2 rings (SSSR count). The van der Waals surface area contributed by atoms with Gasteiger partial charge in [-0.2, -0.15) is 11.8 Å². The van der Waals surface area contributed by atoms with Crippen LogP contribution in [0.25, 0.3) is 0 Å². The third-order valence-electron chi connectivity index (χ3n) is 3.08. The van der Waals surface area contributed by atoms with E-state index >= 15 is 0 Å². The summed E-state index contributed by atoms with van der Waals surface area (Å²) < 4.78 is 27.5. The van der Waals surface area contributed by atoms with Gasteiger partial charge >= 0.3 is 0 Å². The molecule has 0 bridgehead atoms. The fraction of sp³-hybridized carbons (Fsp3) is 0.636. The molecule has 1 aliphatic carbocycles. The van der Waals surface area contributed by atoms with Gasteiger partial charge in [0.25, 0.3) is 0 Å². The summed E-state index contributed by atoms with van der Waals surface area (Å²) in [6.07, 6.45) is 4.25. The van der Waals surface area contributed by atoms with E-state index in [1.54, 1.807) is 17.8 Å². The molecular formula is C11H18N2O2S3. The number of hydrogen-bond acceptors (Lipinski definition) is 5. The van der Waals surface area contributed by atoms with E-state index in [1.807, 2.05) is 19.4 Å². The van der Waals surface area contributed by atoms with Crippen LogP contribution in [0.2, 0.25) is 0 Å². The zero-order valence-electron chi connectivity index (χ0n) is 10.5. The molecule has 0 aliphatic heterocycles. The summed E-state index contributed by atoms with van der Waals surface area (Å²) in [6, 6.07) is 3.54. The number of thioether (sulfide) groups is 1. The average Bonchev–Trinajstić information content (AvgIpc) is 2.98. The number of nitrogens with one attached hydrogen (secondary N) is 2. The molecule has 1 fully saturated rings. The lowest BCUT2D eigenvalue weighted by atomic mass is 10.4. The van der Waals surface area contributed by atoms with Crippen molar-refractivity contribution in [3.8, 4) is 0 Å². The first-order chi connectivity index (χ1) is 8.51. The molecule has 4 nitrogen and oxygen atoms in total. The predicted octanol–water partition coefficient (Wildman–Crippen LogP) is 1.64. The van der Waals surface area contributed by atoms with Crippen LogP contribution in [-0.4, -0.2) is 33.0 Å². The van der Waals surface area contributed by atoms with Crippen LogP contribution in [0.5, 0.6) is 0 Å². The minimum Gasteiger partial charge on any atom is -0.315 e. The molecule has 0 saturated heterocycles. The summed E-state index contributed by atoms with van der Waals surface area (Å²) in [6.45, 7) is 1.24. The van der Waals surface area contributed by atoms with Crippen molar-refractivity contribution in [1.82, 2.24) is 10.0 Å². The van der Waals surface area contributed by atoms with E-state index in [9.17, 15) is 8.42 Å². The van der Waals surface area contributed by atoms with E-state index < -0.39 is 10.0 Å². The van der Waals surface area contributed by atoms with Crippen LogP contribution in [0.3, 0.4) is 0 Å². The Labute approximate surface area is 117 Å². The second-order valence-corrected chi connectivity index (χ2v) is 8.90. The van der Waals surface area contributed by atoms with E-state index in [0.717, 1.165) is 17.7 Å². The van der Waals surface area contributed by atoms with Crippen molar-refractivity contribution >= 4 is 33.1 Å². The molecule has 2 N–H and O–H groups in total. The number of thiophene rings is 1. The van der Waals surface area contributed by atoms with E-state index in [2.05, 4.69) is 10.0 Å². The Balaban J connectivity index is 2.01. The van der Waals surface area contributed by atoms with Crippen LogP contribution in [0.1, 0.15) is 17.7 Å². The fourth-order valence-corrected chi connectivity index (χ4v) is 5.02. The molecular weight excluding hydrogens is 288 g/mol. The fourth-order valence-electron chi connectivity index (χ4n) is 1.66. The van der Waals surface area contributed by atoms with Gasteiger partial charge in [-0.15, -0.1) is 11.3 Å². The van der Waals surface area contributed by atoms with E-state index in [4.69, 9.17) is 0 Å². The maximum Gasteiger partial charge on any atom is 0.250 e. The molecule has 0 aromatic carbocycles. The third-order valence-corrected chi connectivity index (χ3v) is 7.47. The minimum absolute atomic E-state index is 0.151. The van der Waals surface area contributed by atoms with Gasteiger partial charge in [-0.25, -0.2) is 13.1 Å². The Kier molecular flexibility index (Phi) is 4.38. The van der Waals surface area contributed by atoms with Crippen LogP contribution >= 0.6 is 23.1 Å². The molecule has 1 saturated carbocycles. The molecule has 1 heterocycles. The Morgan fingerprint density at radius 1 is 1.44 bits per heavy atom. The summed E-state index contributed by atoms with van der Waals surface area (Å²) in [5.41, 5.74) is 0. The second-order valence-electron chi connectivity index (χ2n) is 4.46. The zero-order chi connectivity index (χ0) is 13.2. The molecule has 0 atom stereocenters. The maximum absolute atomic E-state index is 12.1. The smallest absolute Gasteiger partial charge is 0.250 e. The zero-order valence-corrected chi connectivity index (χ0v) is 13.0. The van der Waals surface area contributed by atoms with Crippen molar-refractivity contribution < 1.29 is 8.42 Å². The van der Waals surface area contributed by atoms with Gasteiger partial charge in [0.05, 0.1) is 0 Å². The Morgan fingerprint density at radius 2 is 2.17 bits per heavy atom. The van der Waals surface area contributed by atoms with Crippen LogP contribution in [0, 0.1) is 0 Å². The van der Waals surface area contributed by atoms with Gasteiger partial charge in [0, 0.05) is 22.7 Å². The van der Waals surface area contributed by atoms with Gasteiger partial charge in [-0.3, -0.25) is 0 Å². The summed E-state index contributed by atoms with van der Waals surface area (Å²) in [4.78, 5) is 1.03. The molecule has 1 aliphatic rings. The maximum atomic E-state index is 12.1. The molecule has 0 spiro atoms. The second kappa shape index (κ2) is 5.50. The molecule has 0 amide bonds. The highest BCUT2D eigenvalue weighted by atomic mass is 32.2. The monoisotopic (exact) mass is 306 g/mol. The van der Waals surface area contributed by atoms with Gasteiger partial charge in [-0.1, -0.05) is 0 Å². The van der Waals surface area contributed by atoms with Crippen LogP contribution in [0.4, 0.5) is 0 Å². The van der Waals surface area contributed by atoms with Crippen molar-refractivity contribution in [2.24, 2.45) is 0 Å². The normalized spacial score (nSPS) is 17.9. The molecule has 7 heteroatoms. The number of hydrogen-bond donors (Lipinski definition) is 2. The predicted molar refractivity (Wildman–Crippen MR) is 77.8 cm³/mol. The molecule has 18 heavy (non-hydrogen) atoms. The molecule has 0 radical (unpaired) electrons. The molecule has 1 aromatic heterocycles. The standard InChI is InChI=1S/C11H18N2O2S3/c1-12-7-9-3-4-10(17-9)18(14,15)13-8-11(16-2)5-6-11/h3-4,12-13H,5-8H2,1-2H3. The molecule has 1 aromatic rings. The van der Waals surface area contributed by atoms with Gasteiger partial charge in [0.2, 0.25) is 10.0 Å². The highest BCUT2D eigenvalue weighted by molar-refractivity contribution is 8.00. The summed E-state index contributed by atoms with van der Waals surface area (Å²) in [7, 11) is -1.48.